The van der Waals surface area contributed by atoms with Crippen LogP contribution in [0.15, 0.2) is 48.5 Å². The minimum Gasteiger partial charge on any atom is -0.493 e. The monoisotopic (exact) mass is 260 g/mol. The highest BCUT2D eigenvalue weighted by molar-refractivity contribution is 6.30. The molecule has 1 aliphatic heterocycles. The van der Waals surface area contributed by atoms with E-state index in [4.69, 9.17) is 16.3 Å². The Kier molecular flexibility index (Phi) is 2.98. The predicted molar refractivity (Wildman–Crippen MR) is 71.1 cm³/mol. The molecule has 0 bridgehead atoms. The number of para-hydroxylation sites is 1. The Balaban J connectivity index is 1.90. The van der Waals surface area contributed by atoms with Crippen molar-refractivity contribution in [2.24, 2.45) is 0 Å². The van der Waals surface area contributed by atoms with E-state index < -0.39 is 6.10 Å². The molecule has 1 aliphatic rings. The molecule has 2 nitrogen and oxygen atoms in total. The van der Waals surface area contributed by atoms with Gasteiger partial charge >= 0.3 is 0 Å². The molecule has 0 aromatic heterocycles. The summed E-state index contributed by atoms with van der Waals surface area (Å²) < 4.78 is 5.59. The van der Waals surface area contributed by atoms with Crippen LogP contribution in [0, 0.1) is 0 Å². The standard InChI is InChI=1S/C15H13ClO2/c16-11-7-5-10(6-8-11)15(17)13-9-18-14-4-2-1-3-12(13)14/h1-8,13,15,17H,9H2. The summed E-state index contributed by atoms with van der Waals surface area (Å²) in [6.07, 6.45) is -0.564. The average molecular weight is 261 g/mol. The normalized spacial score (nSPS) is 19.1. The molecule has 0 spiro atoms. The lowest BCUT2D eigenvalue weighted by atomic mass is 9.91. The molecule has 92 valence electrons. The molecule has 0 radical (unpaired) electrons. The number of halogens is 1. The second-order valence-electron chi connectivity index (χ2n) is 4.45. The molecule has 3 heteroatoms. The van der Waals surface area contributed by atoms with E-state index in [0.717, 1.165) is 16.9 Å². The Hall–Kier alpha value is -1.51. The zero-order valence-corrected chi connectivity index (χ0v) is 10.5. The van der Waals surface area contributed by atoms with Crippen LogP contribution in [0.1, 0.15) is 23.1 Å². The third-order valence-corrected chi connectivity index (χ3v) is 3.58. The maximum atomic E-state index is 10.4. The van der Waals surface area contributed by atoms with Gasteiger partial charge in [0.25, 0.3) is 0 Å². The lowest BCUT2D eigenvalue weighted by Gasteiger charge is -2.17. The van der Waals surface area contributed by atoms with Crippen LogP contribution in [0.5, 0.6) is 5.75 Å². The Morgan fingerprint density at radius 3 is 2.61 bits per heavy atom. The summed E-state index contributed by atoms with van der Waals surface area (Å²) >= 11 is 5.85. The molecule has 0 amide bonds. The largest absolute Gasteiger partial charge is 0.493 e. The van der Waals surface area contributed by atoms with Gasteiger partial charge in [0.1, 0.15) is 5.75 Å². The van der Waals surface area contributed by atoms with Gasteiger partial charge in [-0.05, 0) is 23.8 Å². The van der Waals surface area contributed by atoms with Gasteiger partial charge in [0.05, 0.1) is 18.6 Å². The van der Waals surface area contributed by atoms with Crippen molar-refractivity contribution in [1.29, 1.82) is 0 Å². The lowest BCUT2D eigenvalue weighted by molar-refractivity contribution is 0.130. The third-order valence-electron chi connectivity index (χ3n) is 3.33. The van der Waals surface area contributed by atoms with Gasteiger partial charge in [0.2, 0.25) is 0 Å². The maximum absolute atomic E-state index is 10.4. The fourth-order valence-corrected chi connectivity index (χ4v) is 2.47. The second kappa shape index (κ2) is 4.63. The summed E-state index contributed by atoms with van der Waals surface area (Å²) in [5.74, 6) is 0.859. The minimum atomic E-state index is -0.564. The summed E-state index contributed by atoms with van der Waals surface area (Å²) in [6.45, 7) is 0.517. The van der Waals surface area contributed by atoms with E-state index in [9.17, 15) is 5.11 Å². The molecule has 2 atom stereocenters. The number of rotatable bonds is 2. The van der Waals surface area contributed by atoms with Gasteiger partial charge in [-0.3, -0.25) is 0 Å². The average Bonchev–Trinajstić information content (AvgIpc) is 2.82. The van der Waals surface area contributed by atoms with Crippen molar-refractivity contribution < 1.29 is 9.84 Å². The lowest BCUT2D eigenvalue weighted by Crippen LogP contribution is -2.12. The van der Waals surface area contributed by atoms with Crippen LogP contribution in [-0.4, -0.2) is 11.7 Å². The fraction of sp³-hybridized carbons (Fsp3) is 0.200. The Morgan fingerprint density at radius 2 is 1.83 bits per heavy atom. The predicted octanol–water partition coefficient (Wildman–Crippen LogP) is 3.55. The Bertz CT molecular complexity index is 551. The fourth-order valence-electron chi connectivity index (χ4n) is 2.34. The number of fused-ring (bicyclic) bond motifs is 1. The molecule has 0 aliphatic carbocycles. The molecule has 3 rings (SSSR count). The highest BCUT2D eigenvalue weighted by Gasteiger charge is 2.30. The molecule has 0 saturated heterocycles. The van der Waals surface area contributed by atoms with Crippen LogP contribution in [0.25, 0.3) is 0 Å². The van der Waals surface area contributed by atoms with E-state index in [1.807, 2.05) is 36.4 Å². The van der Waals surface area contributed by atoms with Crippen LogP contribution in [0.3, 0.4) is 0 Å². The van der Waals surface area contributed by atoms with Gasteiger partial charge in [0, 0.05) is 10.6 Å². The number of hydrogen-bond donors (Lipinski definition) is 1. The van der Waals surface area contributed by atoms with E-state index in [2.05, 4.69) is 0 Å². The number of hydrogen-bond acceptors (Lipinski definition) is 2. The first-order chi connectivity index (χ1) is 8.75. The highest BCUT2D eigenvalue weighted by atomic mass is 35.5. The topological polar surface area (TPSA) is 29.5 Å². The summed E-state index contributed by atoms with van der Waals surface area (Å²) in [5.41, 5.74) is 1.93. The molecular weight excluding hydrogens is 248 g/mol. The van der Waals surface area contributed by atoms with E-state index in [0.29, 0.717) is 11.6 Å². The first-order valence-electron chi connectivity index (χ1n) is 5.91. The van der Waals surface area contributed by atoms with Gasteiger partial charge in [0.15, 0.2) is 0 Å². The van der Waals surface area contributed by atoms with E-state index in [-0.39, 0.29) is 5.92 Å². The zero-order chi connectivity index (χ0) is 12.5. The van der Waals surface area contributed by atoms with E-state index >= 15 is 0 Å². The van der Waals surface area contributed by atoms with Crippen molar-refractivity contribution in [1.82, 2.24) is 0 Å². The van der Waals surface area contributed by atoms with Crippen molar-refractivity contribution in [2.75, 3.05) is 6.61 Å². The molecule has 18 heavy (non-hydrogen) atoms. The zero-order valence-electron chi connectivity index (χ0n) is 9.71. The van der Waals surface area contributed by atoms with Crippen LogP contribution < -0.4 is 4.74 Å². The Morgan fingerprint density at radius 1 is 1.11 bits per heavy atom. The SMILES string of the molecule is OC(c1ccc(Cl)cc1)C1COc2ccccc21. The molecule has 0 fully saturated rings. The van der Waals surface area contributed by atoms with Gasteiger partial charge < -0.3 is 9.84 Å². The molecule has 0 saturated carbocycles. The smallest absolute Gasteiger partial charge is 0.123 e. The molecule has 1 N–H and O–H groups in total. The highest BCUT2D eigenvalue weighted by Crippen LogP contribution is 2.41. The summed E-state index contributed by atoms with van der Waals surface area (Å²) in [6, 6.07) is 15.1. The quantitative estimate of drug-likeness (QED) is 0.895. The molecule has 2 aromatic rings. The Labute approximate surface area is 111 Å². The van der Waals surface area contributed by atoms with Gasteiger partial charge in [-0.1, -0.05) is 41.9 Å². The van der Waals surface area contributed by atoms with Crippen LogP contribution >= 0.6 is 11.6 Å². The second-order valence-corrected chi connectivity index (χ2v) is 4.89. The van der Waals surface area contributed by atoms with E-state index in [1.165, 1.54) is 0 Å². The first kappa shape index (κ1) is 11.6. The van der Waals surface area contributed by atoms with E-state index in [1.54, 1.807) is 12.1 Å². The first-order valence-corrected chi connectivity index (χ1v) is 6.29. The summed E-state index contributed by atoms with van der Waals surface area (Å²) in [7, 11) is 0. The van der Waals surface area contributed by atoms with Crippen molar-refractivity contribution in [3.63, 3.8) is 0 Å². The van der Waals surface area contributed by atoms with Crippen LogP contribution in [0.4, 0.5) is 0 Å². The molecule has 1 heterocycles. The van der Waals surface area contributed by atoms with Crippen LogP contribution in [-0.2, 0) is 0 Å². The number of ether oxygens (including phenoxy) is 1. The number of aliphatic hydroxyl groups is 1. The minimum absolute atomic E-state index is 0.0117. The van der Waals surface area contributed by atoms with Crippen LogP contribution in [0.2, 0.25) is 5.02 Å². The maximum Gasteiger partial charge on any atom is 0.123 e. The molecular formula is C15H13ClO2. The number of aliphatic hydroxyl groups excluding tert-OH is 1. The van der Waals surface area contributed by atoms with Crippen molar-refractivity contribution in [2.45, 2.75) is 12.0 Å². The van der Waals surface area contributed by atoms with Crippen molar-refractivity contribution >= 4 is 11.6 Å². The third kappa shape index (κ3) is 1.98. The molecule has 2 aromatic carbocycles. The van der Waals surface area contributed by atoms with Gasteiger partial charge in [-0.25, -0.2) is 0 Å². The van der Waals surface area contributed by atoms with Crippen molar-refractivity contribution in [3.05, 3.63) is 64.7 Å². The summed E-state index contributed by atoms with van der Waals surface area (Å²) in [4.78, 5) is 0. The summed E-state index contributed by atoms with van der Waals surface area (Å²) in [5, 5.41) is 11.1. The number of benzene rings is 2. The van der Waals surface area contributed by atoms with Crippen molar-refractivity contribution in [3.8, 4) is 5.75 Å². The molecule has 2 unspecified atom stereocenters. The van der Waals surface area contributed by atoms with Gasteiger partial charge in [-0.2, -0.15) is 0 Å². The van der Waals surface area contributed by atoms with Gasteiger partial charge in [-0.15, -0.1) is 0 Å².